The predicted octanol–water partition coefficient (Wildman–Crippen LogP) is 5.15. The minimum atomic E-state index is -1.03. The van der Waals surface area contributed by atoms with Crippen molar-refractivity contribution in [3.63, 3.8) is 0 Å². The molecule has 1 amide bonds. The number of nitrogens with one attached hydrogen (secondary N) is 1. The van der Waals surface area contributed by atoms with Crippen LogP contribution in [0.4, 0.5) is 5.00 Å². The molecule has 0 aliphatic rings. The van der Waals surface area contributed by atoms with Gasteiger partial charge in [-0.25, -0.2) is 9.59 Å². The number of aryl methyl sites for hydroxylation is 1. The lowest BCUT2D eigenvalue weighted by molar-refractivity contribution is -0.123. The van der Waals surface area contributed by atoms with E-state index in [9.17, 15) is 14.4 Å². The van der Waals surface area contributed by atoms with Crippen molar-refractivity contribution in [2.75, 3.05) is 11.9 Å². The molecule has 30 heavy (non-hydrogen) atoms. The Bertz CT molecular complexity index is 1050. The van der Waals surface area contributed by atoms with Crippen LogP contribution in [-0.4, -0.2) is 30.6 Å². The van der Waals surface area contributed by atoms with Gasteiger partial charge in [0.05, 0.1) is 12.2 Å². The third-order valence-corrected chi connectivity index (χ3v) is 6.32. The van der Waals surface area contributed by atoms with Gasteiger partial charge in [0.25, 0.3) is 5.91 Å². The van der Waals surface area contributed by atoms with Crippen molar-refractivity contribution in [1.29, 1.82) is 0 Å². The van der Waals surface area contributed by atoms with E-state index < -0.39 is 23.9 Å². The van der Waals surface area contributed by atoms with Crippen molar-refractivity contribution in [2.24, 2.45) is 0 Å². The van der Waals surface area contributed by atoms with Gasteiger partial charge >= 0.3 is 11.9 Å². The first-order valence-electron chi connectivity index (χ1n) is 9.33. The number of hydrogen-bond acceptors (Lipinski definition) is 7. The molecule has 3 aromatic rings. The van der Waals surface area contributed by atoms with Gasteiger partial charge in [-0.1, -0.05) is 30.3 Å². The van der Waals surface area contributed by atoms with Gasteiger partial charge in [0, 0.05) is 4.88 Å². The summed E-state index contributed by atoms with van der Waals surface area (Å²) < 4.78 is 10.4. The zero-order valence-electron chi connectivity index (χ0n) is 16.8. The minimum absolute atomic E-state index is 0.219. The zero-order chi connectivity index (χ0) is 21.7. The Balaban J connectivity index is 1.79. The monoisotopic (exact) mass is 443 g/mol. The lowest BCUT2D eigenvalue weighted by atomic mass is 10.1. The molecule has 0 bridgehead atoms. The second kappa shape index (κ2) is 9.69. The zero-order valence-corrected chi connectivity index (χ0v) is 18.4. The number of anilines is 1. The first-order valence-corrected chi connectivity index (χ1v) is 11.0. The number of amides is 1. The van der Waals surface area contributed by atoms with E-state index >= 15 is 0 Å². The topological polar surface area (TPSA) is 81.7 Å². The molecule has 1 unspecified atom stereocenters. The van der Waals surface area contributed by atoms with E-state index in [1.807, 2.05) is 36.4 Å². The lowest BCUT2D eigenvalue weighted by Gasteiger charge is -2.13. The highest BCUT2D eigenvalue weighted by Crippen LogP contribution is 2.36. The summed E-state index contributed by atoms with van der Waals surface area (Å²) in [5.74, 6) is -1.60. The second-order valence-corrected chi connectivity index (χ2v) is 8.38. The molecule has 6 nitrogen and oxygen atoms in total. The van der Waals surface area contributed by atoms with Crippen LogP contribution in [0.15, 0.2) is 47.8 Å². The number of esters is 2. The van der Waals surface area contributed by atoms with Crippen molar-refractivity contribution in [2.45, 2.75) is 26.9 Å². The molecular weight excluding hydrogens is 422 g/mol. The number of carbonyl (C=O) groups is 3. The maximum absolute atomic E-state index is 12.7. The molecule has 0 spiro atoms. The van der Waals surface area contributed by atoms with Gasteiger partial charge in [-0.05, 0) is 49.4 Å². The average molecular weight is 444 g/mol. The predicted molar refractivity (Wildman–Crippen MR) is 118 cm³/mol. The van der Waals surface area contributed by atoms with E-state index in [2.05, 4.69) is 5.32 Å². The van der Waals surface area contributed by atoms with Crippen molar-refractivity contribution >= 4 is 45.5 Å². The van der Waals surface area contributed by atoms with Gasteiger partial charge in [0.15, 0.2) is 6.10 Å². The van der Waals surface area contributed by atoms with Gasteiger partial charge < -0.3 is 14.8 Å². The molecule has 1 atom stereocenters. The molecule has 2 aromatic heterocycles. The fourth-order valence-corrected chi connectivity index (χ4v) is 4.51. The molecule has 2 heterocycles. The van der Waals surface area contributed by atoms with Crippen LogP contribution in [0.2, 0.25) is 0 Å². The molecule has 0 aliphatic heterocycles. The van der Waals surface area contributed by atoms with Crippen molar-refractivity contribution in [3.05, 3.63) is 63.8 Å². The van der Waals surface area contributed by atoms with E-state index in [-0.39, 0.29) is 12.2 Å². The second-order valence-electron chi connectivity index (χ2n) is 6.41. The van der Waals surface area contributed by atoms with Crippen LogP contribution in [0.25, 0.3) is 10.4 Å². The Morgan fingerprint density at radius 1 is 1.10 bits per heavy atom. The summed E-state index contributed by atoms with van der Waals surface area (Å²) >= 11 is 2.52. The average Bonchev–Trinajstić information content (AvgIpc) is 3.35. The van der Waals surface area contributed by atoms with Crippen LogP contribution < -0.4 is 5.32 Å². The maximum atomic E-state index is 12.7. The van der Waals surface area contributed by atoms with Gasteiger partial charge in [-0.3, -0.25) is 4.79 Å². The van der Waals surface area contributed by atoms with E-state index in [4.69, 9.17) is 9.47 Å². The standard InChI is InChI=1S/C22H21NO5S2/c1-4-27-21(25)16-12-17(15-8-6-5-7-9-15)30-20(16)23-19(24)14(3)28-22(26)18-13(2)10-11-29-18/h5-12,14H,4H2,1-3H3,(H,23,24). The molecule has 1 N–H and O–H groups in total. The van der Waals surface area contributed by atoms with E-state index in [1.54, 1.807) is 25.3 Å². The number of ether oxygens (including phenoxy) is 2. The largest absolute Gasteiger partial charge is 0.462 e. The molecular formula is C22H21NO5S2. The molecule has 0 fully saturated rings. The van der Waals surface area contributed by atoms with Crippen molar-refractivity contribution in [3.8, 4) is 10.4 Å². The summed E-state index contributed by atoms with van der Waals surface area (Å²) in [5, 5.41) is 4.85. The highest BCUT2D eigenvalue weighted by molar-refractivity contribution is 7.20. The molecule has 3 rings (SSSR count). The summed E-state index contributed by atoms with van der Waals surface area (Å²) in [6.07, 6.45) is -1.03. The lowest BCUT2D eigenvalue weighted by Crippen LogP contribution is -2.30. The third-order valence-electron chi connectivity index (χ3n) is 4.22. The summed E-state index contributed by atoms with van der Waals surface area (Å²) in [4.78, 5) is 38.6. The molecule has 0 radical (unpaired) electrons. The Hall–Kier alpha value is -2.97. The minimum Gasteiger partial charge on any atom is -0.462 e. The summed E-state index contributed by atoms with van der Waals surface area (Å²) in [6.45, 7) is 5.23. The summed E-state index contributed by atoms with van der Waals surface area (Å²) in [5.41, 5.74) is 1.98. The molecule has 1 aromatic carbocycles. The molecule has 156 valence electrons. The van der Waals surface area contributed by atoms with Gasteiger partial charge in [-0.2, -0.15) is 0 Å². The summed E-state index contributed by atoms with van der Waals surface area (Å²) in [6, 6.07) is 13.0. The highest BCUT2D eigenvalue weighted by atomic mass is 32.1. The number of carbonyl (C=O) groups excluding carboxylic acids is 3. The Kier molecular flexibility index (Phi) is 7.02. The van der Waals surface area contributed by atoms with Crippen LogP contribution in [0.3, 0.4) is 0 Å². The molecule has 8 heteroatoms. The Morgan fingerprint density at radius 3 is 2.47 bits per heavy atom. The number of hydrogen-bond donors (Lipinski definition) is 1. The van der Waals surface area contributed by atoms with Gasteiger partial charge in [0.2, 0.25) is 0 Å². The summed E-state index contributed by atoms with van der Waals surface area (Å²) in [7, 11) is 0. The third kappa shape index (κ3) is 4.95. The number of benzene rings is 1. The van der Waals surface area contributed by atoms with Crippen LogP contribution in [-0.2, 0) is 14.3 Å². The van der Waals surface area contributed by atoms with Gasteiger partial charge in [0.1, 0.15) is 9.88 Å². The van der Waals surface area contributed by atoms with Gasteiger partial charge in [-0.15, -0.1) is 22.7 Å². The first-order chi connectivity index (χ1) is 14.4. The first kappa shape index (κ1) is 21.7. The van der Waals surface area contributed by atoms with Crippen LogP contribution in [0, 0.1) is 6.92 Å². The van der Waals surface area contributed by atoms with Crippen LogP contribution >= 0.6 is 22.7 Å². The van der Waals surface area contributed by atoms with E-state index in [1.165, 1.54) is 29.6 Å². The molecule has 0 aliphatic carbocycles. The van der Waals surface area contributed by atoms with E-state index in [0.717, 1.165) is 16.0 Å². The Morgan fingerprint density at radius 2 is 1.83 bits per heavy atom. The van der Waals surface area contributed by atoms with Crippen molar-refractivity contribution < 1.29 is 23.9 Å². The number of rotatable bonds is 7. The number of thiophene rings is 2. The normalized spacial score (nSPS) is 11.6. The van der Waals surface area contributed by atoms with Crippen LogP contribution in [0.5, 0.6) is 0 Å². The van der Waals surface area contributed by atoms with Crippen LogP contribution in [0.1, 0.15) is 39.4 Å². The Labute approximate surface area is 182 Å². The smallest absolute Gasteiger partial charge is 0.349 e. The molecule has 0 saturated heterocycles. The SMILES string of the molecule is CCOC(=O)c1cc(-c2ccccc2)sc1NC(=O)C(C)OC(=O)c1sccc1C. The quantitative estimate of drug-likeness (QED) is 0.511. The fraction of sp³-hybridized carbons (Fsp3) is 0.227. The van der Waals surface area contributed by atoms with Crippen molar-refractivity contribution in [1.82, 2.24) is 0 Å². The van der Waals surface area contributed by atoms with E-state index in [0.29, 0.717) is 9.88 Å². The highest BCUT2D eigenvalue weighted by Gasteiger charge is 2.25. The fourth-order valence-electron chi connectivity index (χ4n) is 2.65. The molecule has 0 saturated carbocycles. The maximum Gasteiger partial charge on any atom is 0.349 e.